The number of hydrogen-bond acceptors (Lipinski definition) is 4. The van der Waals surface area contributed by atoms with Crippen LogP contribution in [0.15, 0.2) is 23.2 Å². The van der Waals surface area contributed by atoms with E-state index < -0.39 is 0 Å². The molecular formula is C20H29IN4O3. The zero-order valence-corrected chi connectivity index (χ0v) is 18.6. The van der Waals surface area contributed by atoms with Crippen LogP contribution >= 0.6 is 24.0 Å². The molecule has 0 atom stereocenters. The summed E-state index contributed by atoms with van der Waals surface area (Å²) in [7, 11) is 0. The van der Waals surface area contributed by atoms with E-state index in [-0.39, 0.29) is 41.2 Å². The number of nitrogens with one attached hydrogen (secondary N) is 3. The van der Waals surface area contributed by atoms with E-state index in [2.05, 4.69) is 35.0 Å². The van der Waals surface area contributed by atoms with Crippen molar-refractivity contribution in [2.24, 2.45) is 10.9 Å². The Hall–Kier alpha value is -1.71. The van der Waals surface area contributed by atoms with E-state index in [1.165, 1.54) is 5.56 Å². The first-order valence-electron chi connectivity index (χ1n) is 9.90. The smallest absolute Gasteiger partial charge is 0.231 e. The first kappa shape index (κ1) is 21.0. The minimum absolute atomic E-state index is 0. The van der Waals surface area contributed by atoms with Gasteiger partial charge < -0.3 is 25.4 Å². The maximum atomic E-state index is 11.7. The molecule has 154 valence electrons. The lowest BCUT2D eigenvalue weighted by Crippen LogP contribution is -2.42. The number of carbonyl (C=O) groups excluding carboxylic acids is 1. The van der Waals surface area contributed by atoms with Crippen molar-refractivity contribution >= 4 is 35.8 Å². The van der Waals surface area contributed by atoms with Gasteiger partial charge in [-0.2, -0.15) is 0 Å². The van der Waals surface area contributed by atoms with Crippen LogP contribution in [0.2, 0.25) is 0 Å². The predicted octanol–water partition coefficient (Wildman–Crippen LogP) is 2.15. The zero-order chi connectivity index (χ0) is 18.7. The van der Waals surface area contributed by atoms with E-state index in [0.717, 1.165) is 56.2 Å². The molecule has 2 aliphatic carbocycles. The molecule has 3 aliphatic rings. The number of guanidine groups is 1. The number of carbonyl (C=O) groups is 1. The van der Waals surface area contributed by atoms with E-state index >= 15 is 0 Å². The van der Waals surface area contributed by atoms with Crippen molar-refractivity contribution in [3.63, 3.8) is 0 Å². The lowest BCUT2D eigenvalue weighted by molar-refractivity contribution is -0.122. The topological polar surface area (TPSA) is 84.0 Å². The summed E-state index contributed by atoms with van der Waals surface area (Å²) in [6, 6.07) is 6.22. The van der Waals surface area contributed by atoms with E-state index in [1.807, 2.05) is 6.07 Å². The Labute approximate surface area is 183 Å². The van der Waals surface area contributed by atoms with Gasteiger partial charge >= 0.3 is 0 Å². The second-order valence-electron chi connectivity index (χ2n) is 7.54. The number of halogens is 1. The summed E-state index contributed by atoms with van der Waals surface area (Å²) in [6.45, 7) is 5.18. The van der Waals surface area contributed by atoms with Crippen molar-refractivity contribution in [1.82, 2.24) is 16.0 Å². The van der Waals surface area contributed by atoms with Gasteiger partial charge in [-0.1, -0.05) is 6.07 Å². The highest BCUT2D eigenvalue weighted by molar-refractivity contribution is 14.0. The third-order valence-electron chi connectivity index (χ3n) is 5.39. The van der Waals surface area contributed by atoms with Gasteiger partial charge in [0.25, 0.3) is 0 Å². The number of rotatable bonds is 8. The van der Waals surface area contributed by atoms with E-state index in [0.29, 0.717) is 19.9 Å². The maximum Gasteiger partial charge on any atom is 0.231 e. The molecular weight excluding hydrogens is 471 g/mol. The Morgan fingerprint density at radius 3 is 2.61 bits per heavy atom. The summed E-state index contributed by atoms with van der Waals surface area (Å²) < 4.78 is 10.9. The molecule has 2 fully saturated rings. The van der Waals surface area contributed by atoms with Crippen LogP contribution < -0.4 is 25.4 Å². The molecule has 7 nitrogen and oxygen atoms in total. The number of hydrogen-bond donors (Lipinski definition) is 3. The second-order valence-corrected chi connectivity index (χ2v) is 7.54. The average molecular weight is 500 g/mol. The van der Waals surface area contributed by atoms with Gasteiger partial charge in [0.1, 0.15) is 0 Å². The highest BCUT2D eigenvalue weighted by atomic mass is 127. The van der Waals surface area contributed by atoms with Crippen molar-refractivity contribution in [2.75, 3.05) is 33.0 Å². The summed E-state index contributed by atoms with van der Waals surface area (Å²) in [5.74, 6) is 2.88. The normalized spacial score (nSPS) is 18.8. The maximum absolute atomic E-state index is 11.7. The fraction of sp³-hybridized carbons (Fsp3) is 0.600. The van der Waals surface area contributed by atoms with E-state index in [9.17, 15) is 4.79 Å². The molecule has 1 aromatic rings. The van der Waals surface area contributed by atoms with Crippen molar-refractivity contribution < 1.29 is 14.3 Å². The fourth-order valence-electron chi connectivity index (χ4n) is 3.34. The molecule has 2 saturated carbocycles. The molecule has 4 rings (SSSR count). The van der Waals surface area contributed by atoms with Crippen LogP contribution in [-0.2, 0) is 10.2 Å². The highest BCUT2D eigenvalue weighted by Gasteiger charge is 2.44. The predicted molar refractivity (Wildman–Crippen MR) is 119 cm³/mol. The van der Waals surface area contributed by atoms with Gasteiger partial charge in [-0.05, 0) is 50.3 Å². The minimum Gasteiger partial charge on any atom is -0.454 e. The monoisotopic (exact) mass is 500 g/mol. The van der Waals surface area contributed by atoms with Crippen LogP contribution in [0.5, 0.6) is 11.5 Å². The van der Waals surface area contributed by atoms with Gasteiger partial charge in [0.15, 0.2) is 17.5 Å². The van der Waals surface area contributed by atoms with Gasteiger partial charge in [-0.3, -0.25) is 9.79 Å². The third kappa shape index (κ3) is 5.01. The standard InChI is InChI=1S/C20H28N4O3.HI/c1-2-21-19(23-10-9-22-18(25)14-3-4-14)24-12-20(7-8-20)15-5-6-16-17(11-15)27-13-26-16;/h5-6,11,14H,2-4,7-10,12-13H2,1H3,(H,22,25)(H2,21,23,24);1H. The Kier molecular flexibility index (Phi) is 6.90. The summed E-state index contributed by atoms with van der Waals surface area (Å²) >= 11 is 0. The quantitative estimate of drug-likeness (QED) is 0.221. The molecule has 0 radical (unpaired) electrons. The van der Waals surface area contributed by atoms with Gasteiger partial charge in [0, 0.05) is 31.0 Å². The molecule has 1 heterocycles. The first-order chi connectivity index (χ1) is 13.2. The Morgan fingerprint density at radius 1 is 1.14 bits per heavy atom. The number of benzene rings is 1. The van der Waals surface area contributed by atoms with Crippen molar-refractivity contribution in [1.29, 1.82) is 0 Å². The Balaban J connectivity index is 0.00000225. The molecule has 0 aromatic heterocycles. The summed E-state index contributed by atoms with van der Waals surface area (Å²) in [6.07, 6.45) is 4.33. The minimum atomic E-state index is 0. The van der Waals surface area contributed by atoms with Crippen LogP contribution in [0, 0.1) is 5.92 Å². The number of fused-ring (bicyclic) bond motifs is 1. The molecule has 28 heavy (non-hydrogen) atoms. The second kappa shape index (κ2) is 9.19. The fourth-order valence-corrected chi connectivity index (χ4v) is 3.34. The first-order valence-corrected chi connectivity index (χ1v) is 9.90. The van der Waals surface area contributed by atoms with Crippen molar-refractivity contribution in [2.45, 2.75) is 38.0 Å². The third-order valence-corrected chi connectivity index (χ3v) is 5.39. The number of aliphatic imine (C=N–C) groups is 1. The SMILES string of the molecule is CCNC(=NCC1(c2ccc3c(c2)OCO3)CC1)NCCNC(=O)C1CC1.I. The van der Waals surface area contributed by atoms with Gasteiger partial charge in [0.05, 0.1) is 6.54 Å². The molecule has 0 bridgehead atoms. The van der Waals surface area contributed by atoms with E-state index in [4.69, 9.17) is 14.5 Å². The molecule has 1 amide bonds. The van der Waals surface area contributed by atoms with Crippen molar-refractivity contribution in [3.8, 4) is 11.5 Å². The Morgan fingerprint density at radius 2 is 1.89 bits per heavy atom. The van der Waals surface area contributed by atoms with Crippen molar-refractivity contribution in [3.05, 3.63) is 23.8 Å². The Bertz CT molecular complexity index is 732. The molecule has 0 unspecified atom stereocenters. The van der Waals surface area contributed by atoms with E-state index in [1.54, 1.807) is 0 Å². The van der Waals surface area contributed by atoms with Crippen LogP contribution in [0.25, 0.3) is 0 Å². The van der Waals surface area contributed by atoms with Gasteiger partial charge in [0.2, 0.25) is 12.7 Å². The van der Waals surface area contributed by atoms with Crippen LogP contribution in [0.4, 0.5) is 0 Å². The molecule has 1 aliphatic heterocycles. The summed E-state index contributed by atoms with van der Waals surface area (Å²) in [5.41, 5.74) is 1.37. The number of ether oxygens (including phenoxy) is 2. The number of nitrogens with zero attached hydrogens (tertiary/aromatic N) is 1. The van der Waals surface area contributed by atoms with Crippen LogP contribution in [0.3, 0.4) is 0 Å². The largest absolute Gasteiger partial charge is 0.454 e. The molecule has 3 N–H and O–H groups in total. The van der Waals surface area contributed by atoms with Crippen LogP contribution in [0.1, 0.15) is 38.2 Å². The molecule has 8 heteroatoms. The van der Waals surface area contributed by atoms with Gasteiger partial charge in [-0.15, -0.1) is 24.0 Å². The summed E-state index contributed by atoms with van der Waals surface area (Å²) in [5, 5.41) is 9.56. The average Bonchev–Trinajstić information content (AvgIpc) is 3.60. The number of amides is 1. The molecule has 0 spiro atoms. The molecule has 1 aromatic carbocycles. The zero-order valence-electron chi connectivity index (χ0n) is 16.3. The molecule has 0 saturated heterocycles. The highest BCUT2D eigenvalue weighted by Crippen LogP contribution is 2.50. The lowest BCUT2D eigenvalue weighted by Gasteiger charge is -2.16. The van der Waals surface area contributed by atoms with Crippen LogP contribution in [-0.4, -0.2) is 44.8 Å². The van der Waals surface area contributed by atoms with Gasteiger partial charge in [-0.25, -0.2) is 0 Å². The lowest BCUT2D eigenvalue weighted by atomic mass is 9.96. The summed E-state index contributed by atoms with van der Waals surface area (Å²) in [4.78, 5) is 16.5.